The normalized spacial score (nSPS) is 14.3. The van der Waals surface area contributed by atoms with Crippen molar-refractivity contribution < 1.29 is 80.2 Å². The molecule has 6 atom stereocenters. The van der Waals surface area contributed by atoms with Crippen molar-refractivity contribution in [3.63, 3.8) is 0 Å². The number of aliphatic hydroxyl groups is 1. The van der Waals surface area contributed by atoms with Crippen LogP contribution in [0, 0.1) is 11.8 Å². The Kier molecular flexibility index (Phi) is 67.4. The van der Waals surface area contributed by atoms with Crippen LogP contribution < -0.4 is 0 Å². The highest BCUT2D eigenvalue weighted by Gasteiger charge is 2.30. The molecule has 0 aromatic rings. The van der Waals surface area contributed by atoms with Crippen molar-refractivity contribution in [3.8, 4) is 0 Å². The lowest BCUT2D eigenvalue weighted by Crippen LogP contribution is -2.30. The largest absolute Gasteiger partial charge is 0.472 e. The van der Waals surface area contributed by atoms with Gasteiger partial charge in [-0.3, -0.25) is 37.3 Å². The second-order valence-electron chi connectivity index (χ2n) is 28.5. The molecule has 0 fully saturated rings. The van der Waals surface area contributed by atoms with Crippen molar-refractivity contribution in [1.82, 2.24) is 0 Å². The van der Waals surface area contributed by atoms with Gasteiger partial charge in [-0.2, -0.15) is 0 Å². The topological polar surface area (TPSA) is 237 Å². The summed E-state index contributed by atoms with van der Waals surface area (Å²) >= 11 is 0. The van der Waals surface area contributed by atoms with Crippen LogP contribution in [-0.4, -0.2) is 96.7 Å². The van der Waals surface area contributed by atoms with Gasteiger partial charge in [0.1, 0.15) is 19.3 Å². The van der Waals surface area contributed by atoms with E-state index in [1.807, 2.05) is 0 Å². The second-order valence-corrected chi connectivity index (χ2v) is 31.4. The van der Waals surface area contributed by atoms with Crippen LogP contribution in [0.15, 0.2) is 0 Å². The number of unbranched alkanes of at least 4 members (excludes halogenated alkanes) is 45. The number of rotatable bonds is 76. The zero-order valence-electron chi connectivity index (χ0n) is 62.7. The maximum absolute atomic E-state index is 13.1. The third kappa shape index (κ3) is 69.2. The van der Waals surface area contributed by atoms with E-state index in [0.29, 0.717) is 31.6 Å². The van der Waals surface area contributed by atoms with Gasteiger partial charge in [-0.1, -0.05) is 350 Å². The summed E-state index contributed by atoms with van der Waals surface area (Å²) in [5, 5.41) is 10.6. The number of carbonyl (C=O) groups is 4. The Labute approximate surface area is 588 Å². The van der Waals surface area contributed by atoms with Gasteiger partial charge < -0.3 is 33.8 Å². The molecule has 96 heavy (non-hydrogen) atoms. The molecule has 0 saturated carbocycles. The molecular weight excluding hydrogens is 1260 g/mol. The molecule has 0 rings (SSSR count). The van der Waals surface area contributed by atoms with Gasteiger partial charge in [0.2, 0.25) is 0 Å². The summed E-state index contributed by atoms with van der Waals surface area (Å²) in [7, 11) is -9.91. The van der Waals surface area contributed by atoms with Gasteiger partial charge >= 0.3 is 39.5 Å². The van der Waals surface area contributed by atoms with Gasteiger partial charge in [0.15, 0.2) is 12.2 Å². The number of ether oxygens (including phenoxy) is 4. The molecule has 19 heteroatoms. The highest BCUT2D eigenvalue weighted by atomic mass is 31.2. The third-order valence-electron chi connectivity index (χ3n) is 18.3. The molecule has 0 bridgehead atoms. The van der Waals surface area contributed by atoms with Gasteiger partial charge in [0.25, 0.3) is 0 Å². The second kappa shape index (κ2) is 68.8. The van der Waals surface area contributed by atoms with Crippen molar-refractivity contribution in [2.45, 2.75) is 419 Å². The van der Waals surface area contributed by atoms with Crippen LogP contribution in [0.4, 0.5) is 0 Å². The van der Waals surface area contributed by atoms with E-state index in [-0.39, 0.29) is 25.7 Å². The van der Waals surface area contributed by atoms with E-state index in [1.54, 1.807) is 0 Å². The monoisotopic (exact) mass is 1410 g/mol. The van der Waals surface area contributed by atoms with Crippen LogP contribution in [0.1, 0.15) is 401 Å². The third-order valence-corrected chi connectivity index (χ3v) is 20.2. The van der Waals surface area contributed by atoms with Gasteiger partial charge in [-0.25, -0.2) is 9.13 Å². The summed E-state index contributed by atoms with van der Waals surface area (Å²) in [6.45, 7) is 9.55. The molecule has 0 aliphatic rings. The SMILES string of the molecule is CCCCCCCCCCCCCCCCCCCCCC(=O)O[C@H](COC(=O)CCCCCCCCCCCCC(C)CC)COP(=O)(O)OC[C@@H](O)COP(=O)(O)OC[C@@H](COC(=O)CCCCCCCCC(C)C)OC(=O)CCCCCCCCCCCCCCCC. The van der Waals surface area contributed by atoms with Crippen LogP contribution in [0.5, 0.6) is 0 Å². The van der Waals surface area contributed by atoms with Gasteiger partial charge in [0, 0.05) is 25.7 Å². The molecule has 3 unspecified atom stereocenters. The Bertz CT molecular complexity index is 1860. The van der Waals surface area contributed by atoms with E-state index in [9.17, 15) is 43.2 Å². The molecular formula is C77H150O17P2. The average Bonchev–Trinajstić information content (AvgIpc) is 1.15. The van der Waals surface area contributed by atoms with E-state index in [4.69, 9.17) is 37.0 Å². The van der Waals surface area contributed by atoms with Crippen LogP contribution >= 0.6 is 15.6 Å². The van der Waals surface area contributed by atoms with Crippen LogP contribution in [-0.2, 0) is 65.4 Å². The Morgan fingerprint density at radius 3 is 0.792 bits per heavy atom. The van der Waals surface area contributed by atoms with Crippen molar-refractivity contribution in [2.24, 2.45) is 11.8 Å². The van der Waals surface area contributed by atoms with Crippen LogP contribution in [0.3, 0.4) is 0 Å². The number of phosphoric acid groups is 2. The minimum absolute atomic E-state index is 0.107. The molecule has 0 heterocycles. The number of hydrogen-bond donors (Lipinski definition) is 3. The predicted octanol–water partition coefficient (Wildman–Crippen LogP) is 22.7. The zero-order chi connectivity index (χ0) is 70.7. The molecule has 0 aromatic heterocycles. The number of hydrogen-bond acceptors (Lipinski definition) is 15. The first-order valence-corrected chi connectivity index (χ1v) is 43.0. The Balaban J connectivity index is 5.23. The zero-order valence-corrected chi connectivity index (χ0v) is 64.5. The lowest BCUT2D eigenvalue weighted by Gasteiger charge is -2.21. The average molecular weight is 1410 g/mol. The maximum Gasteiger partial charge on any atom is 0.472 e. The lowest BCUT2D eigenvalue weighted by molar-refractivity contribution is -0.161. The molecule has 0 radical (unpaired) electrons. The number of esters is 4. The first kappa shape index (κ1) is 94.1. The van der Waals surface area contributed by atoms with Gasteiger partial charge in [-0.15, -0.1) is 0 Å². The van der Waals surface area contributed by atoms with Gasteiger partial charge in [-0.05, 0) is 37.5 Å². The Hall–Kier alpha value is -1.94. The first-order valence-electron chi connectivity index (χ1n) is 40.0. The van der Waals surface area contributed by atoms with Crippen molar-refractivity contribution >= 4 is 39.5 Å². The highest BCUT2D eigenvalue weighted by Crippen LogP contribution is 2.45. The van der Waals surface area contributed by atoms with Crippen LogP contribution in [0.2, 0.25) is 0 Å². The molecule has 0 spiro atoms. The van der Waals surface area contributed by atoms with E-state index in [1.165, 1.54) is 212 Å². The van der Waals surface area contributed by atoms with Crippen molar-refractivity contribution in [3.05, 3.63) is 0 Å². The smallest absolute Gasteiger partial charge is 0.462 e. The maximum atomic E-state index is 13.1. The molecule has 570 valence electrons. The van der Waals surface area contributed by atoms with Crippen molar-refractivity contribution in [1.29, 1.82) is 0 Å². The van der Waals surface area contributed by atoms with E-state index in [0.717, 1.165) is 102 Å². The first-order chi connectivity index (χ1) is 46.4. The quantitative estimate of drug-likeness (QED) is 0.0222. The van der Waals surface area contributed by atoms with E-state index >= 15 is 0 Å². The summed E-state index contributed by atoms with van der Waals surface area (Å²) in [6, 6.07) is 0. The fourth-order valence-electron chi connectivity index (χ4n) is 11.8. The highest BCUT2D eigenvalue weighted by molar-refractivity contribution is 7.47. The summed E-state index contributed by atoms with van der Waals surface area (Å²) in [4.78, 5) is 72.8. The summed E-state index contributed by atoms with van der Waals surface area (Å²) in [6.07, 6.45) is 56.9. The Morgan fingerprint density at radius 2 is 0.531 bits per heavy atom. The standard InChI is InChI=1S/C77H150O17P2/c1-7-10-12-14-16-18-20-22-24-25-26-27-28-30-32-38-42-50-56-62-76(81)93-72(65-87-74(79)59-53-47-40-36-34-33-35-39-46-52-58-70(6)9-3)67-91-95(83,84)89-63-71(78)64-90-96(85,86)92-68-73(66-88-75(80)60-54-48-44-43-45-51-57-69(4)5)94-77(82)61-55-49-41-37-31-29-23-21-19-17-15-13-11-8-2/h69-73,78H,7-68H2,1-6H3,(H,83,84)(H,85,86)/t70?,71-,72-,73-/m1/s1. The predicted molar refractivity (Wildman–Crippen MR) is 391 cm³/mol. The molecule has 0 aliphatic carbocycles. The van der Waals surface area contributed by atoms with E-state index < -0.39 is 97.5 Å². The molecule has 17 nitrogen and oxygen atoms in total. The molecule has 0 amide bonds. The van der Waals surface area contributed by atoms with Crippen LogP contribution in [0.25, 0.3) is 0 Å². The number of aliphatic hydroxyl groups excluding tert-OH is 1. The molecule has 0 aliphatic heterocycles. The fourth-order valence-corrected chi connectivity index (χ4v) is 13.4. The summed E-state index contributed by atoms with van der Waals surface area (Å²) in [5.41, 5.74) is 0. The number of carbonyl (C=O) groups excluding carboxylic acids is 4. The summed E-state index contributed by atoms with van der Waals surface area (Å²) in [5.74, 6) is -0.626. The molecule has 0 aromatic carbocycles. The minimum Gasteiger partial charge on any atom is -0.462 e. The molecule has 0 saturated heterocycles. The summed E-state index contributed by atoms with van der Waals surface area (Å²) < 4.78 is 68.5. The van der Waals surface area contributed by atoms with Crippen molar-refractivity contribution in [2.75, 3.05) is 39.6 Å². The fraction of sp³-hybridized carbons (Fsp3) is 0.948. The minimum atomic E-state index is -4.96. The van der Waals surface area contributed by atoms with Gasteiger partial charge in [0.05, 0.1) is 26.4 Å². The lowest BCUT2D eigenvalue weighted by atomic mass is 9.99. The number of phosphoric ester groups is 2. The van der Waals surface area contributed by atoms with E-state index in [2.05, 4.69) is 41.5 Å². The Morgan fingerprint density at radius 1 is 0.302 bits per heavy atom. The molecule has 3 N–H and O–H groups in total.